The molecule has 3 aliphatic heterocycles. The van der Waals surface area contributed by atoms with Gasteiger partial charge in [-0.05, 0) is 37.1 Å². The van der Waals surface area contributed by atoms with Crippen LogP contribution in [0.15, 0.2) is 67.0 Å². The van der Waals surface area contributed by atoms with Crippen molar-refractivity contribution >= 4 is 29.9 Å². The predicted octanol–water partition coefficient (Wildman–Crippen LogP) is 4.23. The van der Waals surface area contributed by atoms with Gasteiger partial charge in [0.05, 0.1) is 23.6 Å². The van der Waals surface area contributed by atoms with E-state index in [-0.39, 0.29) is 18.3 Å². The number of anilines is 2. The molecular weight excluding hydrogens is 426 g/mol. The number of hydrogen-bond acceptors (Lipinski definition) is 6. The number of nitrogens with zero attached hydrogens (tertiary/aromatic N) is 4. The van der Waals surface area contributed by atoms with Crippen molar-refractivity contribution in [1.29, 1.82) is 0 Å². The fraction of sp³-hybridized carbons (Fsp3) is 0.292. The number of aromatic nitrogens is 2. The molecule has 32 heavy (non-hydrogen) atoms. The van der Waals surface area contributed by atoms with Gasteiger partial charge < -0.3 is 19.9 Å². The van der Waals surface area contributed by atoms with Gasteiger partial charge in [0.2, 0.25) is 5.95 Å². The van der Waals surface area contributed by atoms with E-state index < -0.39 is 0 Å². The Morgan fingerprint density at radius 2 is 1.59 bits per heavy atom. The molecular formula is C24H26ClN5O2. The highest BCUT2D eigenvalue weighted by molar-refractivity contribution is 6.06. The Labute approximate surface area is 193 Å². The first-order valence-corrected chi connectivity index (χ1v) is 10.7. The lowest BCUT2D eigenvalue weighted by atomic mass is 10.1. The highest BCUT2D eigenvalue weighted by Gasteiger charge is 2.30. The minimum Gasteiger partial charge on any atom is -0.457 e. The Morgan fingerprint density at radius 1 is 0.906 bits per heavy atom. The average molecular weight is 452 g/mol. The fourth-order valence-corrected chi connectivity index (χ4v) is 4.24. The van der Waals surface area contributed by atoms with E-state index >= 15 is 0 Å². The van der Waals surface area contributed by atoms with Gasteiger partial charge >= 0.3 is 0 Å². The maximum atomic E-state index is 12.9. The fourth-order valence-electron chi connectivity index (χ4n) is 4.24. The van der Waals surface area contributed by atoms with Crippen LogP contribution in [0.4, 0.5) is 11.6 Å². The quantitative estimate of drug-likeness (QED) is 0.626. The molecule has 0 unspecified atom stereocenters. The monoisotopic (exact) mass is 451 g/mol. The number of benzene rings is 2. The molecule has 166 valence electrons. The number of halogens is 1. The maximum absolute atomic E-state index is 12.9. The smallest absolute Gasteiger partial charge is 0.259 e. The van der Waals surface area contributed by atoms with Crippen LogP contribution >= 0.6 is 12.4 Å². The molecule has 8 heteroatoms. The van der Waals surface area contributed by atoms with Crippen molar-refractivity contribution in [2.45, 2.75) is 18.9 Å². The number of hydrogen-bond donors (Lipinski definition) is 1. The molecule has 3 aromatic rings. The second-order valence-corrected chi connectivity index (χ2v) is 7.90. The number of fused-ring (bicyclic) bond motifs is 4. The number of carbonyl (C=O) groups excluding carboxylic acids is 1. The largest absolute Gasteiger partial charge is 0.457 e. The van der Waals surface area contributed by atoms with E-state index in [4.69, 9.17) is 4.74 Å². The molecule has 0 spiro atoms. The molecule has 3 fully saturated rings. The molecule has 3 aliphatic rings. The molecule has 0 radical (unpaired) electrons. The van der Waals surface area contributed by atoms with Gasteiger partial charge in [-0.25, -0.2) is 9.97 Å². The Morgan fingerprint density at radius 3 is 2.34 bits per heavy atom. The first-order valence-electron chi connectivity index (χ1n) is 10.7. The van der Waals surface area contributed by atoms with Crippen LogP contribution < -0.4 is 15.0 Å². The molecule has 0 saturated carbocycles. The van der Waals surface area contributed by atoms with Crippen LogP contribution in [0.2, 0.25) is 0 Å². The van der Waals surface area contributed by atoms with Crippen LogP contribution in [0, 0.1) is 0 Å². The van der Waals surface area contributed by atoms with E-state index in [1.165, 1.54) is 0 Å². The van der Waals surface area contributed by atoms with Crippen molar-refractivity contribution in [3.8, 4) is 11.5 Å². The number of para-hydroxylation sites is 2. The Kier molecular flexibility index (Phi) is 6.87. The molecule has 3 saturated heterocycles. The van der Waals surface area contributed by atoms with E-state index in [2.05, 4.69) is 25.1 Å². The van der Waals surface area contributed by atoms with Crippen molar-refractivity contribution in [3.05, 3.63) is 72.6 Å². The van der Waals surface area contributed by atoms with Gasteiger partial charge in [0, 0.05) is 32.2 Å². The first kappa shape index (κ1) is 22.0. The van der Waals surface area contributed by atoms with Crippen molar-refractivity contribution < 1.29 is 9.53 Å². The van der Waals surface area contributed by atoms with Crippen LogP contribution in [-0.4, -0.2) is 53.0 Å². The molecule has 0 atom stereocenters. The summed E-state index contributed by atoms with van der Waals surface area (Å²) in [7, 11) is 0. The van der Waals surface area contributed by atoms with E-state index in [9.17, 15) is 4.79 Å². The standard InChI is InChI=1S/C24H25N5O2.ClH/c30-23(21-8-4-5-9-22(21)31-20-6-2-1-3-7-20)27-18-16-25-24(26-17-18)29-15-14-28-12-10-19(29)11-13-28;/h1-9,16-17,19H,10-15H2,(H,27,30);1H. The van der Waals surface area contributed by atoms with Crippen LogP contribution in [0.3, 0.4) is 0 Å². The van der Waals surface area contributed by atoms with E-state index in [0.29, 0.717) is 28.8 Å². The molecule has 6 rings (SSSR count). The summed E-state index contributed by atoms with van der Waals surface area (Å²) in [4.78, 5) is 26.8. The summed E-state index contributed by atoms with van der Waals surface area (Å²) in [6.45, 7) is 4.30. The number of ether oxygens (including phenoxy) is 1. The summed E-state index contributed by atoms with van der Waals surface area (Å²) in [6.07, 6.45) is 5.66. The van der Waals surface area contributed by atoms with Crippen LogP contribution in [0.5, 0.6) is 11.5 Å². The number of piperidine rings is 1. The number of rotatable bonds is 5. The second kappa shape index (κ2) is 9.97. The summed E-state index contributed by atoms with van der Waals surface area (Å²) < 4.78 is 5.90. The molecule has 1 amide bonds. The summed E-state index contributed by atoms with van der Waals surface area (Å²) in [5.41, 5.74) is 1.01. The van der Waals surface area contributed by atoms with Crippen molar-refractivity contribution in [3.63, 3.8) is 0 Å². The van der Waals surface area contributed by atoms with Crippen molar-refractivity contribution in [2.75, 3.05) is 36.4 Å². The number of carbonyl (C=O) groups is 1. The lowest BCUT2D eigenvalue weighted by Crippen LogP contribution is -2.38. The van der Waals surface area contributed by atoms with Crippen LogP contribution in [0.1, 0.15) is 23.2 Å². The summed E-state index contributed by atoms with van der Waals surface area (Å²) in [5.74, 6) is 1.65. The molecule has 1 N–H and O–H groups in total. The van der Waals surface area contributed by atoms with Crippen molar-refractivity contribution in [1.82, 2.24) is 14.9 Å². The predicted molar refractivity (Wildman–Crippen MR) is 127 cm³/mol. The van der Waals surface area contributed by atoms with Gasteiger partial charge in [0.15, 0.2) is 0 Å². The summed E-state index contributed by atoms with van der Waals surface area (Å²) in [6, 6.07) is 17.1. The summed E-state index contributed by atoms with van der Waals surface area (Å²) >= 11 is 0. The van der Waals surface area contributed by atoms with E-state index in [1.807, 2.05) is 42.5 Å². The van der Waals surface area contributed by atoms with Crippen LogP contribution in [-0.2, 0) is 0 Å². The van der Waals surface area contributed by atoms with Gasteiger partial charge in [-0.3, -0.25) is 4.79 Å². The third-order valence-corrected chi connectivity index (χ3v) is 5.91. The zero-order valence-electron chi connectivity index (χ0n) is 17.7. The third-order valence-electron chi connectivity index (χ3n) is 5.91. The SMILES string of the molecule is Cl.O=C(Nc1cnc(N2CCN3CCC2CC3)nc1)c1ccccc1Oc1ccccc1. The average Bonchev–Trinajstić information content (AvgIpc) is 3.15. The van der Waals surface area contributed by atoms with E-state index in [0.717, 1.165) is 45.0 Å². The van der Waals surface area contributed by atoms with Crippen LogP contribution in [0.25, 0.3) is 0 Å². The maximum Gasteiger partial charge on any atom is 0.259 e. The van der Waals surface area contributed by atoms with Gasteiger partial charge in [-0.15, -0.1) is 12.4 Å². The molecule has 2 bridgehead atoms. The third kappa shape index (κ3) is 4.84. The molecule has 1 aromatic heterocycles. The minimum atomic E-state index is -0.260. The normalized spacial score (nSPS) is 19.6. The second-order valence-electron chi connectivity index (χ2n) is 7.90. The minimum absolute atomic E-state index is 0. The van der Waals surface area contributed by atoms with Gasteiger partial charge in [0.1, 0.15) is 11.5 Å². The molecule has 4 heterocycles. The first-order chi connectivity index (χ1) is 15.3. The molecule has 0 aliphatic carbocycles. The Bertz CT molecular complexity index is 1040. The van der Waals surface area contributed by atoms with E-state index in [1.54, 1.807) is 24.5 Å². The number of nitrogens with one attached hydrogen (secondary N) is 1. The lowest BCUT2D eigenvalue weighted by Gasteiger charge is -2.31. The Balaban J connectivity index is 0.00000245. The zero-order valence-corrected chi connectivity index (χ0v) is 18.5. The summed E-state index contributed by atoms with van der Waals surface area (Å²) in [5, 5.41) is 2.89. The lowest BCUT2D eigenvalue weighted by molar-refractivity contribution is 0.102. The highest BCUT2D eigenvalue weighted by Crippen LogP contribution is 2.27. The van der Waals surface area contributed by atoms with Gasteiger partial charge in [0.25, 0.3) is 5.91 Å². The van der Waals surface area contributed by atoms with Crippen molar-refractivity contribution in [2.24, 2.45) is 0 Å². The molecule has 2 aromatic carbocycles. The van der Waals surface area contributed by atoms with Gasteiger partial charge in [-0.1, -0.05) is 30.3 Å². The Hall–Kier alpha value is -3.16. The number of amides is 1. The highest BCUT2D eigenvalue weighted by atomic mass is 35.5. The molecule has 7 nitrogen and oxygen atoms in total. The topological polar surface area (TPSA) is 70.6 Å². The zero-order chi connectivity index (χ0) is 21.0. The van der Waals surface area contributed by atoms with Gasteiger partial charge in [-0.2, -0.15) is 0 Å².